The summed E-state index contributed by atoms with van der Waals surface area (Å²) < 4.78 is 4.61. The van der Waals surface area contributed by atoms with Gasteiger partial charge in [0.05, 0.1) is 17.2 Å². The average molecular weight is 284 g/mol. The second-order valence-corrected chi connectivity index (χ2v) is 3.77. The molecule has 70 valence electrons. The van der Waals surface area contributed by atoms with Gasteiger partial charge in [-0.25, -0.2) is 0 Å². The minimum absolute atomic E-state index is 0.304. The van der Waals surface area contributed by atoms with Crippen LogP contribution in [0, 0.1) is 0 Å². The van der Waals surface area contributed by atoms with Crippen LogP contribution in [0.4, 0.5) is 0 Å². The van der Waals surface area contributed by atoms with Gasteiger partial charge in [0.25, 0.3) is 0 Å². The van der Waals surface area contributed by atoms with Gasteiger partial charge >= 0.3 is 0 Å². The van der Waals surface area contributed by atoms with E-state index in [1.807, 2.05) is 0 Å². The van der Waals surface area contributed by atoms with Crippen LogP contribution in [-0.4, -0.2) is 11.8 Å². The lowest BCUT2D eigenvalue weighted by atomic mass is 10.2. The summed E-state index contributed by atoms with van der Waals surface area (Å²) in [6, 6.07) is 2.96. The Morgan fingerprint density at radius 3 is 2.46 bits per heavy atom. The number of benzene rings is 1. The molecule has 0 saturated heterocycles. The molecule has 2 nitrogen and oxygen atoms in total. The summed E-state index contributed by atoms with van der Waals surface area (Å²) in [7, 11) is 1.48. The SMILES string of the molecule is COc1cc(Cl)c(C(=O)Br)cc1Cl. The summed E-state index contributed by atoms with van der Waals surface area (Å²) in [5, 5.41) is 0.665. The fourth-order valence-corrected chi connectivity index (χ4v) is 1.76. The zero-order valence-corrected chi connectivity index (χ0v) is 9.70. The van der Waals surface area contributed by atoms with Crippen LogP contribution >= 0.6 is 39.1 Å². The van der Waals surface area contributed by atoms with Crippen molar-refractivity contribution in [2.45, 2.75) is 0 Å². The second kappa shape index (κ2) is 4.31. The number of methoxy groups -OCH3 is 1. The Bertz CT molecular complexity index is 352. The number of carbonyl (C=O) groups excluding carboxylic acids is 1. The van der Waals surface area contributed by atoms with Crippen LogP contribution in [0.3, 0.4) is 0 Å². The van der Waals surface area contributed by atoms with Gasteiger partial charge in [-0.3, -0.25) is 4.79 Å². The highest BCUT2D eigenvalue weighted by Gasteiger charge is 2.11. The van der Waals surface area contributed by atoms with Crippen molar-refractivity contribution in [3.63, 3.8) is 0 Å². The Labute approximate surface area is 93.9 Å². The van der Waals surface area contributed by atoms with E-state index in [0.717, 1.165) is 0 Å². The molecule has 0 aliphatic carbocycles. The summed E-state index contributed by atoms with van der Waals surface area (Å²) in [5.74, 6) is 0.448. The van der Waals surface area contributed by atoms with E-state index < -0.39 is 0 Å². The van der Waals surface area contributed by atoms with Crippen molar-refractivity contribution in [2.75, 3.05) is 7.11 Å². The molecule has 0 saturated carbocycles. The lowest BCUT2D eigenvalue weighted by Crippen LogP contribution is -1.92. The molecule has 0 unspecified atom stereocenters. The molecule has 1 rings (SSSR count). The number of halogens is 3. The van der Waals surface area contributed by atoms with Crippen molar-refractivity contribution < 1.29 is 9.53 Å². The predicted molar refractivity (Wildman–Crippen MR) is 56.3 cm³/mol. The average Bonchev–Trinajstić information content (AvgIpc) is 2.07. The zero-order valence-electron chi connectivity index (χ0n) is 6.61. The number of ether oxygens (including phenoxy) is 1. The molecule has 0 amide bonds. The minimum atomic E-state index is -0.304. The highest BCUT2D eigenvalue weighted by molar-refractivity contribution is 9.18. The molecule has 0 aliphatic rings. The second-order valence-electron chi connectivity index (χ2n) is 2.24. The van der Waals surface area contributed by atoms with Gasteiger partial charge in [0.2, 0.25) is 4.69 Å². The molecule has 0 aliphatic heterocycles. The van der Waals surface area contributed by atoms with Crippen molar-refractivity contribution >= 4 is 43.8 Å². The predicted octanol–water partition coefficient (Wildman–Crippen LogP) is 3.54. The van der Waals surface area contributed by atoms with Crippen molar-refractivity contribution in [3.05, 3.63) is 27.7 Å². The summed E-state index contributed by atoms with van der Waals surface area (Å²) in [4.78, 5) is 11.0. The number of carbonyl (C=O) groups is 1. The normalized spacial score (nSPS) is 9.85. The minimum Gasteiger partial charge on any atom is -0.495 e. The summed E-state index contributed by atoms with van der Waals surface area (Å²) >= 11 is 14.4. The standard InChI is InChI=1S/C8H5BrCl2O2/c1-13-7-3-5(10)4(8(9)12)2-6(7)11/h2-3H,1H3. The highest BCUT2D eigenvalue weighted by atomic mass is 79.9. The third-order valence-corrected chi connectivity index (χ3v) is 2.49. The van der Waals surface area contributed by atoms with Gasteiger partial charge in [-0.15, -0.1) is 0 Å². The van der Waals surface area contributed by atoms with E-state index in [1.54, 1.807) is 0 Å². The van der Waals surface area contributed by atoms with E-state index in [-0.39, 0.29) is 4.69 Å². The van der Waals surface area contributed by atoms with E-state index in [1.165, 1.54) is 19.2 Å². The van der Waals surface area contributed by atoms with Crippen molar-refractivity contribution in [2.24, 2.45) is 0 Å². The van der Waals surface area contributed by atoms with Crippen LogP contribution in [0.2, 0.25) is 10.0 Å². The lowest BCUT2D eigenvalue weighted by Gasteiger charge is -2.05. The van der Waals surface area contributed by atoms with Crippen molar-refractivity contribution in [1.82, 2.24) is 0 Å². The first-order valence-electron chi connectivity index (χ1n) is 3.29. The third kappa shape index (κ3) is 2.36. The molecule has 0 aromatic heterocycles. The molecule has 1 aromatic carbocycles. The van der Waals surface area contributed by atoms with Crippen LogP contribution in [0.25, 0.3) is 0 Å². The zero-order chi connectivity index (χ0) is 10.0. The lowest BCUT2D eigenvalue weighted by molar-refractivity contribution is 0.109. The van der Waals surface area contributed by atoms with E-state index >= 15 is 0 Å². The monoisotopic (exact) mass is 282 g/mol. The van der Waals surface area contributed by atoms with Crippen LogP contribution < -0.4 is 4.74 Å². The van der Waals surface area contributed by atoms with Gasteiger partial charge < -0.3 is 4.74 Å². The van der Waals surface area contributed by atoms with Gasteiger partial charge in [0.15, 0.2) is 0 Å². The number of rotatable bonds is 2. The fraction of sp³-hybridized carbons (Fsp3) is 0.125. The summed E-state index contributed by atoms with van der Waals surface area (Å²) in [5.41, 5.74) is 0.326. The maximum atomic E-state index is 11.0. The van der Waals surface area contributed by atoms with E-state index in [4.69, 9.17) is 27.9 Å². The molecule has 0 heterocycles. The summed E-state index contributed by atoms with van der Waals surface area (Å²) in [6.07, 6.45) is 0. The highest BCUT2D eigenvalue weighted by Crippen LogP contribution is 2.31. The van der Waals surface area contributed by atoms with Crippen LogP contribution in [-0.2, 0) is 0 Å². The first-order chi connectivity index (χ1) is 6.06. The molecule has 0 bridgehead atoms. The molecule has 0 fully saturated rings. The Morgan fingerprint density at radius 2 is 2.00 bits per heavy atom. The van der Waals surface area contributed by atoms with Crippen molar-refractivity contribution in [1.29, 1.82) is 0 Å². The largest absolute Gasteiger partial charge is 0.495 e. The topological polar surface area (TPSA) is 26.3 Å². The van der Waals surface area contributed by atoms with E-state index in [2.05, 4.69) is 15.9 Å². The molecule has 5 heteroatoms. The third-order valence-electron chi connectivity index (χ3n) is 1.45. The molecule has 13 heavy (non-hydrogen) atoms. The van der Waals surface area contributed by atoms with Gasteiger partial charge in [-0.1, -0.05) is 23.2 Å². The quantitative estimate of drug-likeness (QED) is 0.776. The molecule has 0 radical (unpaired) electrons. The van der Waals surface area contributed by atoms with Crippen LogP contribution in [0.5, 0.6) is 5.75 Å². The Hall–Kier alpha value is -0.250. The summed E-state index contributed by atoms with van der Waals surface area (Å²) in [6.45, 7) is 0. The Balaban J connectivity index is 3.28. The maximum absolute atomic E-state index is 11.0. The van der Waals surface area contributed by atoms with Gasteiger partial charge in [-0.05, 0) is 22.0 Å². The molecule has 0 N–H and O–H groups in total. The van der Waals surface area contributed by atoms with Crippen molar-refractivity contribution in [3.8, 4) is 5.75 Å². The van der Waals surface area contributed by atoms with E-state index in [0.29, 0.717) is 21.4 Å². The first-order valence-corrected chi connectivity index (χ1v) is 4.84. The van der Waals surface area contributed by atoms with Gasteiger partial charge in [0, 0.05) is 11.6 Å². The number of hydrogen-bond acceptors (Lipinski definition) is 2. The molecule has 1 aromatic rings. The molecule has 0 atom stereocenters. The smallest absolute Gasteiger partial charge is 0.229 e. The van der Waals surface area contributed by atoms with Gasteiger partial charge in [-0.2, -0.15) is 0 Å². The Morgan fingerprint density at radius 1 is 1.38 bits per heavy atom. The fourth-order valence-electron chi connectivity index (χ4n) is 0.836. The molecular formula is C8H5BrCl2O2. The maximum Gasteiger partial charge on any atom is 0.229 e. The van der Waals surface area contributed by atoms with Crippen LogP contribution in [0.1, 0.15) is 10.4 Å². The molecule has 0 spiro atoms. The Kier molecular flexibility index (Phi) is 3.59. The van der Waals surface area contributed by atoms with Crippen LogP contribution in [0.15, 0.2) is 12.1 Å². The number of hydrogen-bond donors (Lipinski definition) is 0. The molecular weight excluding hydrogens is 279 g/mol. The first kappa shape index (κ1) is 10.8. The van der Waals surface area contributed by atoms with E-state index in [9.17, 15) is 4.79 Å². The van der Waals surface area contributed by atoms with Gasteiger partial charge in [0.1, 0.15) is 5.75 Å².